The molecule has 5 aromatic rings. The van der Waals surface area contributed by atoms with Gasteiger partial charge in [-0.2, -0.15) is 0 Å². The van der Waals surface area contributed by atoms with Crippen LogP contribution in [-0.2, 0) is 4.79 Å². The molecule has 1 amide bonds. The van der Waals surface area contributed by atoms with Crippen LogP contribution in [0.25, 0.3) is 27.7 Å². The van der Waals surface area contributed by atoms with Crippen LogP contribution in [0.1, 0.15) is 16.5 Å². The number of ether oxygens (including phenoxy) is 1. The summed E-state index contributed by atoms with van der Waals surface area (Å²) in [5.74, 6) is 0.905. The minimum Gasteiger partial charge on any atom is -0.508 e. The lowest BCUT2D eigenvalue weighted by atomic mass is 10.0. The SMILES string of the molecule is COc1cc(C2SCC(=O)N2c2ccc(-c3ccc(-n4c(=O)cc(C)c5ccc(O)cc54)cc3)cc2)ccc1O. The summed E-state index contributed by atoms with van der Waals surface area (Å²) in [6.45, 7) is 1.88. The number of amides is 1. The summed E-state index contributed by atoms with van der Waals surface area (Å²) < 4.78 is 6.86. The Balaban J connectivity index is 1.30. The number of aryl methyl sites for hydroxylation is 1. The Hall–Kier alpha value is -4.69. The van der Waals surface area contributed by atoms with Crippen LogP contribution in [0.4, 0.5) is 5.69 Å². The predicted molar refractivity (Wildman–Crippen MR) is 159 cm³/mol. The molecule has 2 N–H and O–H groups in total. The fourth-order valence-corrected chi connectivity index (χ4v) is 6.33. The number of phenolic OH excluding ortho intramolecular Hbond substituents is 2. The summed E-state index contributed by atoms with van der Waals surface area (Å²) in [6.07, 6.45) is 0. The molecule has 1 saturated heterocycles. The van der Waals surface area contributed by atoms with Crippen LogP contribution in [0, 0.1) is 6.92 Å². The van der Waals surface area contributed by atoms with Crippen molar-refractivity contribution in [3.05, 3.63) is 112 Å². The molecule has 0 aliphatic carbocycles. The van der Waals surface area contributed by atoms with Crippen molar-refractivity contribution >= 4 is 34.3 Å². The van der Waals surface area contributed by atoms with Crippen molar-refractivity contribution in [2.24, 2.45) is 0 Å². The lowest BCUT2D eigenvalue weighted by Gasteiger charge is -2.25. The van der Waals surface area contributed by atoms with Gasteiger partial charge in [0.1, 0.15) is 11.1 Å². The van der Waals surface area contributed by atoms with Crippen LogP contribution in [0.3, 0.4) is 0 Å². The number of benzene rings is 4. The summed E-state index contributed by atoms with van der Waals surface area (Å²) in [4.78, 5) is 27.5. The van der Waals surface area contributed by atoms with E-state index in [0.717, 1.165) is 33.3 Å². The molecule has 8 heteroatoms. The van der Waals surface area contributed by atoms with E-state index in [4.69, 9.17) is 4.74 Å². The molecular formula is C32H26N2O5S. The van der Waals surface area contributed by atoms with Crippen LogP contribution < -0.4 is 15.2 Å². The molecule has 1 unspecified atom stereocenters. The number of thioether (sulfide) groups is 1. The zero-order chi connectivity index (χ0) is 28.0. The Morgan fingerprint density at radius 1 is 0.825 bits per heavy atom. The summed E-state index contributed by atoms with van der Waals surface area (Å²) >= 11 is 1.53. The number of carbonyl (C=O) groups is 1. The first kappa shape index (κ1) is 25.6. The van der Waals surface area contributed by atoms with E-state index in [9.17, 15) is 19.8 Å². The number of rotatable bonds is 5. The molecular weight excluding hydrogens is 524 g/mol. The third-order valence-electron chi connectivity index (χ3n) is 7.17. The minimum atomic E-state index is -0.228. The molecule has 1 aromatic heterocycles. The highest BCUT2D eigenvalue weighted by Gasteiger charge is 2.34. The van der Waals surface area contributed by atoms with Crippen molar-refractivity contribution in [2.75, 3.05) is 17.8 Å². The van der Waals surface area contributed by atoms with E-state index in [-0.39, 0.29) is 28.3 Å². The van der Waals surface area contributed by atoms with Crippen molar-refractivity contribution in [3.63, 3.8) is 0 Å². The number of pyridine rings is 1. The van der Waals surface area contributed by atoms with E-state index < -0.39 is 0 Å². The van der Waals surface area contributed by atoms with E-state index in [1.54, 1.807) is 45.9 Å². The molecule has 1 aliphatic heterocycles. The maximum Gasteiger partial charge on any atom is 0.255 e. The highest BCUT2D eigenvalue weighted by molar-refractivity contribution is 8.00. The first-order chi connectivity index (χ1) is 19.3. The first-order valence-corrected chi connectivity index (χ1v) is 13.8. The largest absolute Gasteiger partial charge is 0.508 e. The third-order valence-corrected chi connectivity index (χ3v) is 8.38. The van der Waals surface area contributed by atoms with Gasteiger partial charge in [-0.1, -0.05) is 30.3 Å². The Labute approximate surface area is 234 Å². The number of carbonyl (C=O) groups excluding carboxylic acids is 1. The molecule has 1 fully saturated rings. The van der Waals surface area contributed by atoms with Crippen molar-refractivity contribution in [1.29, 1.82) is 0 Å². The van der Waals surface area contributed by atoms with Crippen LogP contribution in [0.5, 0.6) is 17.2 Å². The zero-order valence-corrected chi connectivity index (χ0v) is 22.7. The van der Waals surface area contributed by atoms with E-state index in [2.05, 4.69) is 0 Å². The maximum atomic E-state index is 12.9. The molecule has 2 heterocycles. The fraction of sp³-hybridized carbons (Fsp3) is 0.125. The lowest BCUT2D eigenvalue weighted by Crippen LogP contribution is -2.27. The highest BCUT2D eigenvalue weighted by atomic mass is 32.2. The second kappa shape index (κ2) is 10.1. The van der Waals surface area contributed by atoms with Gasteiger partial charge in [-0.15, -0.1) is 11.8 Å². The van der Waals surface area contributed by atoms with Gasteiger partial charge in [0.05, 0.1) is 18.4 Å². The molecule has 6 rings (SSSR count). The van der Waals surface area contributed by atoms with Crippen LogP contribution in [0.2, 0.25) is 0 Å². The lowest BCUT2D eigenvalue weighted by molar-refractivity contribution is -0.115. The van der Waals surface area contributed by atoms with Gasteiger partial charge in [0.15, 0.2) is 11.5 Å². The number of hydrogen-bond donors (Lipinski definition) is 2. The van der Waals surface area contributed by atoms with E-state index in [1.165, 1.54) is 18.9 Å². The number of nitrogens with zero attached hydrogens (tertiary/aromatic N) is 2. The van der Waals surface area contributed by atoms with Gasteiger partial charge in [-0.3, -0.25) is 19.1 Å². The van der Waals surface area contributed by atoms with E-state index >= 15 is 0 Å². The molecule has 1 aliphatic rings. The quantitative estimate of drug-likeness (QED) is 0.272. The Bertz CT molecular complexity index is 1810. The van der Waals surface area contributed by atoms with Crippen LogP contribution in [0.15, 0.2) is 95.8 Å². The van der Waals surface area contributed by atoms with Gasteiger partial charge in [-0.05, 0) is 77.7 Å². The summed E-state index contributed by atoms with van der Waals surface area (Å²) in [7, 11) is 1.50. The van der Waals surface area contributed by atoms with Gasteiger partial charge in [-0.25, -0.2) is 0 Å². The van der Waals surface area contributed by atoms with E-state index in [0.29, 0.717) is 22.7 Å². The number of phenols is 2. The van der Waals surface area contributed by atoms with Gasteiger partial charge >= 0.3 is 0 Å². The molecule has 4 aromatic carbocycles. The van der Waals surface area contributed by atoms with Crippen LogP contribution in [-0.4, -0.2) is 33.5 Å². The van der Waals surface area contributed by atoms with Crippen molar-refractivity contribution in [2.45, 2.75) is 12.3 Å². The topological polar surface area (TPSA) is 92.0 Å². The molecule has 0 bridgehead atoms. The molecule has 7 nitrogen and oxygen atoms in total. The van der Waals surface area contributed by atoms with Crippen molar-refractivity contribution in [3.8, 4) is 34.1 Å². The highest BCUT2D eigenvalue weighted by Crippen LogP contribution is 2.44. The first-order valence-electron chi connectivity index (χ1n) is 12.7. The third kappa shape index (κ3) is 4.46. The summed E-state index contributed by atoms with van der Waals surface area (Å²) in [6, 6.07) is 27.3. The molecule has 0 radical (unpaired) electrons. The number of anilines is 1. The molecule has 40 heavy (non-hydrogen) atoms. The second-order valence-corrected chi connectivity index (χ2v) is 10.7. The zero-order valence-electron chi connectivity index (χ0n) is 21.9. The van der Waals surface area contributed by atoms with Crippen LogP contribution >= 0.6 is 11.8 Å². The number of methoxy groups -OCH3 is 1. The second-order valence-electron chi connectivity index (χ2n) is 9.65. The Morgan fingerprint density at radius 3 is 2.17 bits per heavy atom. The van der Waals surface area contributed by atoms with Crippen molar-refractivity contribution < 1.29 is 19.7 Å². The monoisotopic (exact) mass is 550 g/mol. The molecule has 0 spiro atoms. The van der Waals surface area contributed by atoms with E-state index in [1.807, 2.05) is 61.5 Å². The number of aromatic hydroxyl groups is 2. The minimum absolute atomic E-state index is 0.0148. The normalized spacial score (nSPS) is 15.1. The Morgan fingerprint density at radius 2 is 1.50 bits per heavy atom. The summed E-state index contributed by atoms with van der Waals surface area (Å²) in [5, 5.41) is 20.7. The van der Waals surface area contributed by atoms with Gasteiger partial charge in [0, 0.05) is 28.9 Å². The van der Waals surface area contributed by atoms with Gasteiger partial charge in [0.2, 0.25) is 5.91 Å². The molecule has 1 atom stereocenters. The smallest absolute Gasteiger partial charge is 0.255 e. The average molecular weight is 551 g/mol. The molecule has 0 saturated carbocycles. The Kier molecular flexibility index (Phi) is 6.48. The van der Waals surface area contributed by atoms with Gasteiger partial charge < -0.3 is 14.9 Å². The summed E-state index contributed by atoms with van der Waals surface area (Å²) in [5.41, 5.74) is 5.63. The predicted octanol–water partition coefficient (Wildman–Crippen LogP) is 6.16. The molecule has 200 valence electrons. The average Bonchev–Trinajstić information content (AvgIpc) is 3.34. The van der Waals surface area contributed by atoms with Gasteiger partial charge in [0.25, 0.3) is 5.56 Å². The van der Waals surface area contributed by atoms with Crippen molar-refractivity contribution in [1.82, 2.24) is 4.57 Å². The number of fused-ring (bicyclic) bond motifs is 1. The fourth-order valence-electron chi connectivity index (χ4n) is 5.17. The number of aromatic nitrogens is 1. The number of hydrogen-bond acceptors (Lipinski definition) is 6. The standard InChI is InChI=1S/C32H26N2O5S/c1-19-15-30(37)33(27-17-25(35)12-13-26(19)27)23-8-3-20(4-9-23)21-5-10-24(11-6-21)34-31(38)18-40-32(34)22-7-14-28(36)29(16-22)39-2/h3-17,32,35-36H,18H2,1-2H3. The maximum absolute atomic E-state index is 12.9.